The third kappa shape index (κ3) is 2.30. The van der Waals surface area contributed by atoms with Gasteiger partial charge in [0.2, 0.25) is 0 Å². The molecule has 1 heterocycles. The molecule has 0 unspecified atom stereocenters. The molecule has 0 radical (unpaired) electrons. The molecule has 0 bridgehead atoms. The number of hydrogen-bond acceptors (Lipinski definition) is 3. The highest BCUT2D eigenvalue weighted by molar-refractivity contribution is 5.48. The van der Waals surface area contributed by atoms with Gasteiger partial charge in [-0.3, -0.25) is 0 Å². The molecule has 1 aliphatic rings. The van der Waals surface area contributed by atoms with Crippen LogP contribution in [0.2, 0.25) is 0 Å². The van der Waals surface area contributed by atoms with Crippen molar-refractivity contribution in [3.05, 3.63) is 29.8 Å². The van der Waals surface area contributed by atoms with E-state index < -0.39 is 6.10 Å². The molecule has 3 N–H and O–H groups in total. The molecule has 0 aromatic heterocycles. The van der Waals surface area contributed by atoms with Crippen molar-refractivity contribution in [1.82, 2.24) is 0 Å². The van der Waals surface area contributed by atoms with Crippen LogP contribution in [0.25, 0.3) is 0 Å². The lowest BCUT2D eigenvalue weighted by Crippen LogP contribution is -2.17. The first-order valence-electron chi connectivity index (χ1n) is 5.54. The van der Waals surface area contributed by atoms with Crippen LogP contribution in [0.4, 0.5) is 5.69 Å². The monoisotopic (exact) mass is 206 g/mol. The molecule has 1 aromatic carbocycles. The summed E-state index contributed by atoms with van der Waals surface area (Å²) in [5.41, 5.74) is 7.56. The first-order valence-corrected chi connectivity index (χ1v) is 5.54. The Bertz CT molecular complexity index is 304. The molecule has 15 heavy (non-hydrogen) atoms. The van der Waals surface area contributed by atoms with Gasteiger partial charge >= 0.3 is 0 Å². The highest BCUT2D eigenvalue weighted by Crippen LogP contribution is 2.22. The Balaban J connectivity index is 2.09. The van der Waals surface area contributed by atoms with E-state index in [1.807, 2.05) is 12.1 Å². The molecule has 82 valence electrons. The summed E-state index contributed by atoms with van der Waals surface area (Å²) < 4.78 is 0. The molecule has 3 heteroatoms. The summed E-state index contributed by atoms with van der Waals surface area (Å²) in [7, 11) is 0. The number of aliphatic hydroxyl groups excluding tert-OH is 1. The van der Waals surface area contributed by atoms with Crippen molar-refractivity contribution in [3.8, 4) is 0 Å². The number of hydrogen-bond donors (Lipinski definition) is 2. The summed E-state index contributed by atoms with van der Waals surface area (Å²) in [5, 5.41) is 9.55. The van der Waals surface area contributed by atoms with Crippen LogP contribution in [0.15, 0.2) is 24.3 Å². The topological polar surface area (TPSA) is 49.5 Å². The van der Waals surface area contributed by atoms with Gasteiger partial charge in [-0.2, -0.15) is 0 Å². The van der Waals surface area contributed by atoms with Crippen LogP contribution in [0, 0.1) is 0 Å². The summed E-state index contributed by atoms with van der Waals surface area (Å²) in [4.78, 5) is 2.37. The van der Waals surface area contributed by atoms with E-state index in [-0.39, 0.29) is 6.54 Å². The zero-order chi connectivity index (χ0) is 10.7. The third-order valence-corrected chi connectivity index (χ3v) is 2.97. The minimum absolute atomic E-state index is 0.281. The predicted octanol–water partition coefficient (Wildman–Crippen LogP) is 1.28. The SMILES string of the molecule is NC[C@@H](O)c1ccc(N2CCCC2)cc1. The highest BCUT2D eigenvalue weighted by atomic mass is 16.3. The number of nitrogens with two attached hydrogens (primary N) is 1. The zero-order valence-electron chi connectivity index (χ0n) is 8.89. The van der Waals surface area contributed by atoms with Crippen LogP contribution in [0.1, 0.15) is 24.5 Å². The van der Waals surface area contributed by atoms with Crippen molar-refractivity contribution < 1.29 is 5.11 Å². The van der Waals surface area contributed by atoms with Crippen molar-refractivity contribution in [3.63, 3.8) is 0 Å². The van der Waals surface area contributed by atoms with Gasteiger partial charge < -0.3 is 15.7 Å². The molecular weight excluding hydrogens is 188 g/mol. The summed E-state index contributed by atoms with van der Waals surface area (Å²) in [6.07, 6.45) is 2.04. The first kappa shape index (κ1) is 10.5. The quantitative estimate of drug-likeness (QED) is 0.783. The van der Waals surface area contributed by atoms with Gasteiger partial charge in [0, 0.05) is 25.3 Å². The molecule has 1 saturated heterocycles. The van der Waals surface area contributed by atoms with Crippen LogP contribution in [-0.4, -0.2) is 24.7 Å². The Kier molecular flexibility index (Phi) is 3.23. The van der Waals surface area contributed by atoms with E-state index >= 15 is 0 Å². The largest absolute Gasteiger partial charge is 0.387 e. The van der Waals surface area contributed by atoms with Crippen molar-refractivity contribution in [2.45, 2.75) is 18.9 Å². The lowest BCUT2D eigenvalue weighted by Gasteiger charge is -2.18. The number of anilines is 1. The Hall–Kier alpha value is -1.06. The maximum absolute atomic E-state index is 9.55. The molecule has 0 amide bonds. The molecule has 1 fully saturated rings. The number of aliphatic hydroxyl groups is 1. The van der Waals surface area contributed by atoms with Crippen LogP contribution in [-0.2, 0) is 0 Å². The Morgan fingerprint density at radius 1 is 1.20 bits per heavy atom. The third-order valence-electron chi connectivity index (χ3n) is 2.97. The van der Waals surface area contributed by atoms with E-state index in [0.29, 0.717) is 0 Å². The molecule has 3 nitrogen and oxygen atoms in total. The number of rotatable bonds is 3. The highest BCUT2D eigenvalue weighted by Gasteiger charge is 2.12. The van der Waals surface area contributed by atoms with Crippen molar-refractivity contribution >= 4 is 5.69 Å². The minimum Gasteiger partial charge on any atom is -0.387 e. The summed E-state index contributed by atoms with van der Waals surface area (Å²) in [6.45, 7) is 2.58. The van der Waals surface area contributed by atoms with E-state index in [1.165, 1.54) is 18.5 Å². The second kappa shape index (κ2) is 4.64. The van der Waals surface area contributed by atoms with Gasteiger partial charge in [-0.25, -0.2) is 0 Å². The smallest absolute Gasteiger partial charge is 0.0912 e. The van der Waals surface area contributed by atoms with Crippen molar-refractivity contribution in [2.75, 3.05) is 24.5 Å². The van der Waals surface area contributed by atoms with Crippen LogP contribution >= 0.6 is 0 Å². The average molecular weight is 206 g/mol. The van der Waals surface area contributed by atoms with Gasteiger partial charge in [-0.05, 0) is 30.5 Å². The molecule has 0 saturated carbocycles. The Morgan fingerprint density at radius 2 is 1.80 bits per heavy atom. The van der Waals surface area contributed by atoms with E-state index in [2.05, 4.69) is 17.0 Å². The van der Waals surface area contributed by atoms with Gasteiger partial charge in [-0.1, -0.05) is 12.1 Å². The summed E-state index contributed by atoms with van der Waals surface area (Å²) >= 11 is 0. The van der Waals surface area contributed by atoms with Gasteiger partial charge in [-0.15, -0.1) is 0 Å². The lowest BCUT2D eigenvalue weighted by molar-refractivity contribution is 0.187. The van der Waals surface area contributed by atoms with Crippen LogP contribution in [0.5, 0.6) is 0 Å². The lowest BCUT2D eigenvalue weighted by atomic mass is 10.1. The molecular formula is C12H18N2O. The summed E-state index contributed by atoms with van der Waals surface area (Å²) in [5.74, 6) is 0. The predicted molar refractivity (Wildman–Crippen MR) is 61.9 cm³/mol. The maximum Gasteiger partial charge on any atom is 0.0912 e. The van der Waals surface area contributed by atoms with E-state index in [0.717, 1.165) is 18.7 Å². The van der Waals surface area contributed by atoms with E-state index in [1.54, 1.807) is 0 Å². The number of nitrogens with zero attached hydrogens (tertiary/aromatic N) is 1. The van der Waals surface area contributed by atoms with Gasteiger partial charge in [0.25, 0.3) is 0 Å². The van der Waals surface area contributed by atoms with Crippen LogP contribution in [0.3, 0.4) is 0 Å². The van der Waals surface area contributed by atoms with Gasteiger partial charge in [0.15, 0.2) is 0 Å². The van der Waals surface area contributed by atoms with Gasteiger partial charge in [0.05, 0.1) is 6.10 Å². The molecule has 0 spiro atoms. The van der Waals surface area contributed by atoms with E-state index in [9.17, 15) is 5.11 Å². The zero-order valence-corrected chi connectivity index (χ0v) is 8.89. The fourth-order valence-corrected chi connectivity index (χ4v) is 2.02. The van der Waals surface area contributed by atoms with Crippen molar-refractivity contribution in [2.24, 2.45) is 5.73 Å². The standard InChI is InChI=1S/C12H18N2O/c13-9-12(15)10-3-5-11(6-4-10)14-7-1-2-8-14/h3-6,12,15H,1-2,7-9,13H2/t12-/m1/s1. The molecule has 0 aliphatic carbocycles. The fourth-order valence-electron chi connectivity index (χ4n) is 2.02. The fraction of sp³-hybridized carbons (Fsp3) is 0.500. The number of benzene rings is 1. The Morgan fingerprint density at radius 3 is 2.33 bits per heavy atom. The normalized spacial score (nSPS) is 18.1. The first-order chi connectivity index (χ1) is 7.31. The second-order valence-corrected chi connectivity index (χ2v) is 4.04. The molecule has 1 aromatic rings. The molecule has 1 atom stereocenters. The maximum atomic E-state index is 9.55. The minimum atomic E-state index is -0.530. The van der Waals surface area contributed by atoms with Crippen LogP contribution < -0.4 is 10.6 Å². The second-order valence-electron chi connectivity index (χ2n) is 4.04. The van der Waals surface area contributed by atoms with Gasteiger partial charge in [0.1, 0.15) is 0 Å². The molecule has 2 rings (SSSR count). The average Bonchev–Trinajstić information content (AvgIpc) is 2.82. The Labute approximate surface area is 90.5 Å². The molecule has 1 aliphatic heterocycles. The van der Waals surface area contributed by atoms with Crippen molar-refractivity contribution in [1.29, 1.82) is 0 Å². The summed E-state index contributed by atoms with van der Waals surface area (Å²) in [6, 6.07) is 8.06. The van der Waals surface area contributed by atoms with E-state index in [4.69, 9.17) is 5.73 Å².